The quantitative estimate of drug-likeness (QED) is 0.829. The van der Waals surface area contributed by atoms with Gasteiger partial charge in [0.05, 0.1) is 10.7 Å². The summed E-state index contributed by atoms with van der Waals surface area (Å²) in [6.45, 7) is 4.00. The van der Waals surface area contributed by atoms with E-state index in [9.17, 15) is 0 Å². The summed E-state index contributed by atoms with van der Waals surface area (Å²) in [7, 11) is 0. The van der Waals surface area contributed by atoms with Crippen molar-refractivity contribution in [2.24, 2.45) is 0 Å². The molecule has 0 spiro atoms. The number of benzene rings is 1. The van der Waals surface area contributed by atoms with Crippen molar-refractivity contribution in [1.29, 1.82) is 0 Å². The van der Waals surface area contributed by atoms with E-state index in [4.69, 9.17) is 11.6 Å². The van der Waals surface area contributed by atoms with Gasteiger partial charge < -0.3 is 5.32 Å². The van der Waals surface area contributed by atoms with Crippen LogP contribution < -0.4 is 5.32 Å². The van der Waals surface area contributed by atoms with Gasteiger partial charge in [-0.05, 0) is 30.7 Å². The van der Waals surface area contributed by atoms with Crippen molar-refractivity contribution >= 4 is 11.6 Å². The zero-order chi connectivity index (χ0) is 12.1. The van der Waals surface area contributed by atoms with Crippen LogP contribution in [0.2, 0.25) is 5.02 Å². The van der Waals surface area contributed by atoms with Crippen LogP contribution in [0.4, 0.5) is 0 Å². The highest BCUT2D eigenvalue weighted by atomic mass is 35.5. The van der Waals surface area contributed by atoms with Gasteiger partial charge in [0.25, 0.3) is 0 Å². The molecule has 0 fully saturated rings. The fourth-order valence-electron chi connectivity index (χ4n) is 1.59. The fraction of sp³-hybridized carbons (Fsp3) is 0.333. The molecule has 0 radical (unpaired) electrons. The first-order valence-electron chi connectivity index (χ1n) is 5.65. The molecule has 1 N–H and O–H groups in total. The van der Waals surface area contributed by atoms with Gasteiger partial charge in [-0.15, -0.1) is 0 Å². The predicted octanol–water partition coefficient (Wildman–Crippen LogP) is 2.42. The summed E-state index contributed by atoms with van der Waals surface area (Å²) in [6, 6.07) is 5.97. The molecule has 17 heavy (non-hydrogen) atoms. The molecule has 4 nitrogen and oxygen atoms in total. The summed E-state index contributed by atoms with van der Waals surface area (Å²) < 4.78 is 1.66. The Morgan fingerprint density at radius 3 is 2.94 bits per heavy atom. The lowest BCUT2D eigenvalue weighted by Gasteiger charge is -2.07. The molecule has 5 heteroatoms. The van der Waals surface area contributed by atoms with E-state index in [0.29, 0.717) is 5.02 Å². The van der Waals surface area contributed by atoms with Crippen molar-refractivity contribution in [2.75, 3.05) is 6.54 Å². The van der Waals surface area contributed by atoms with E-state index in [0.717, 1.165) is 25.2 Å². The van der Waals surface area contributed by atoms with E-state index in [1.807, 2.05) is 18.2 Å². The number of aromatic nitrogens is 3. The molecule has 0 amide bonds. The van der Waals surface area contributed by atoms with Crippen molar-refractivity contribution in [3.8, 4) is 5.69 Å². The maximum absolute atomic E-state index is 6.22. The minimum absolute atomic E-state index is 0.686. The number of halogens is 1. The minimum atomic E-state index is 0.686. The molecule has 90 valence electrons. The third-order valence-electron chi connectivity index (χ3n) is 2.43. The maximum atomic E-state index is 6.22. The van der Waals surface area contributed by atoms with Crippen LogP contribution in [0.1, 0.15) is 18.9 Å². The highest BCUT2D eigenvalue weighted by Gasteiger charge is 2.04. The first-order chi connectivity index (χ1) is 8.31. The summed E-state index contributed by atoms with van der Waals surface area (Å²) in [6.07, 6.45) is 4.26. The van der Waals surface area contributed by atoms with Gasteiger partial charge in [-0.25, -0.2) is 9.67 Å². The number of nitrogens with zero attached hydrogens (tertiary/aromatic N) is 3. The molecule has 0 bridgehead atoms. The van der Waals surface area contributed by atoms with Gasteiger partial charge in [0.15, 0.2) is 0 Å². The molecule has 2 rings (SSSR count). The van der Waals surface area contributed by atoms with E-state index in [2.05, 4.69) is 22.3 Å². The van der Waals surface area contributed by atoms with Gasteiger partial charge in [0.2, 0.25) is 0 Å². The number of rotatable bonds is 5. The molecule has 0 saturated heterocycles. The monoisotopic (exact) mass is 250 g/mol. The molecule has 1 aromatic heterocycles. The van der Waals surface area contributed by atoms with Crippen LogP contribution in [0.25, 0.3) is 5.69 Å². The van der Waals surface area contributed by atoms with Crippen LogP contribution in [0.3, 0.4) is 0 Å². The van der Waals surface area contributed by atoms with E-state index in [-0.39, 0.29) is 0 Å². The number of hydrogen-bond donors (Lipinski definition) is 1. The van der Waals surface area contributed by atoms with Crippen LogP contribution in [-0.2, 0) is 6.54 Å². The molecule has 1 aromatic carbocycles. The number of hydrogen-bond acceptors (Lipinski definition) is 3. The molecule has 0 saturated carbocycles. The normalized spacial score (nSPS) is 10.7. The smallest absolute Gasteiger partial charge is 0.138 e. The lowest BCUT2D eigenvalue weighted by molar-refractivity contribution is 0.675. The SMILES string of the molecule is CCCNCc1ccc(-n2cncn2)c(Cl)c1. The lowest BCUT2D eigenvalue weighted by Crippen LogP contribution is -2.13. The minimum Gasteiger partial charge on any atom is -0.313 e. The zero-order valence-corrected chi connectivity index (χ0v) is 10.5. The van der Waals surface area contributed by atoms with Gasteiger partial charge in [0, 0.05) is 6.54 Å². The third-order valence-corrected chi connectivity index (χ3v) is 2.74. The molecule has 0 aliphatic carbocycles. The Morgan fingerprint density at radius 2 is 2.29 bits per heavy atom. The molecule has 0 aliphatic heterocycles. The van der Waals surface area contributed by atoms with Crippen LogP contribution in [0, 0.1) is 0 Å². The average molecular weight is 251 g/mol. The van der Waals surface area contributed by atoms with Crippen molar-refractivity contribution in [2.45, 2.75) is 19.9 Å². The van der Waals surface area contributed by atoms with Gasteiger partial charge in [-0.1, -0.05) is 24.6 Å². The molecule has 2 aromatic rings. The summed E-state index contributed by atoms with van der Waals surface area (Å²) in [4.78, 5) is 3.90. The van der Waals surface area contributed by atoms with Gasteiger partial charge in [0.1, 0.15) is 12.7 Å². The number of nitrogens with one attached hydrogen (secondary N) is 1. The zero-order valence-electron chi connectivity index (χ0n) is 9.73. The van der Waals surface area contributed by atoms with Gasteiger partial charge >= 0.3 is 0 Å². The Hall–Kier alpha value is -1.39. The third kappa shape index (κ3) is 3.05. The predicted molar refractivity (Wildman–Crippen MR) is 68.4 cm³/mol. The van der Waals surface area contributed by atoms with Crippen LogP contribution >= 0.6 is 11.6 Å². The first kappa shape index (κ1) is 12.1. The first-order valence-corrected chi connectivity index (χ1v) is 6.03. The van der Waals surface area contributed by atoms with Gasteiger partial charge in [-0.3, -0.25) is 0 Å². The fourth-order valence-corrected chi connectivity index (χ4v) is 1.88. The van der Waals surface area contributed by atoms with Gasteiger partial charge in [-0.2, -0.15) is 5.10 Å². The largest absolute Gasteiger partial charge is 0.313 e. The highest BCUT2D eigenvalue weighted by Crippen LogP contribution is 2.20. The second-order valence-electron chi connectivity index (χ2n) is 3.80. The summed E-state index contributed by atoms with van der Waals surface area (Å²) in [5.41, 5.74) is 2.02. The highest BCUT2D eigenvalue weighted by molar-refractivity contribution is 6.32. The molecule has 0 atom stereocenters. The van der Waals surface area contributed by atoms with Crippen molar-refractivity contribution in [3.05, 3.63) is 41.4 Å². The van der Waals surface area contributed by atoms with Crippen molar-refractivity contribution in [1.82, 2.24) is 20.1 Å². The van der Waals surface area contributed by atoms with Crippen LogP contribution in [-0.4, -0.2) is 21.3 Å². The summed E-state index contributed by atoms with van der Waals surface area (Å²) in [5.74, 6) is 0. The second kappa shape index (κ2) is 5.80. The average Bonchev–Trinajstić information content (AvgIpc) is 2.83. The molecule has 0 aliphatic rings. The van der Waals surface area contributed by atoms with E-state index >= 15 is 0 Å². The standard InChI is InChI=1S/C12H15ClN4/c1-2-5-14-7-10-3-4-12(11(13)6-10)17-9-15-8-16-17/h3-4,6,8-9,14H,2,5,7H2,1H3. The summed E-state index contributed by atoms with van der Waals surface area (Å²) in [5, 5.41) is 8.08. The molecule has 1 heterocycles. The van der Waals surface area contributed by atoms with Crippen molar-refractivity contribution < 1.29 is 0 Å². The topological polar surface area (TPSA) is 42.7 Å². The Bertz CT molecular complexity index is 467. The Balaban J connectivity index is 2.12. The lowest BCUT2D eigenvalue weighted by atomic mass is 10.2. The molecule has 0 unspecified atom stereocenters. The van der Waals surface area contributed by atoms with Crippen LogP contribution in [0.15, 0.2) is 30.9 Å². The van der Waals surface area contributed by atoms with E-state index < -0.39 is 0 Å². The Labute approximate surface area is 106 Å². The second-order valence-corrected chi connectivity index (χ2v) is 4.21. The van der Waals surface area contributed by atoms with E-state index in [1.54, 1.807) is 11.0 Å². The Morgan fingerprint density at radius 1 is 1.41 bits per heavy atom. The van der Waals surface area contributed by atoms with Crippen LogP contribution in [0.5, 0.6) is 0 Å². The molecular formula is C12H15ClN4. The van der Waals surface area contributed by atoms with E-state index in [1.165, 1.54) is 11.9 Å². The summed E-state index contributed by atoms with van der Waals surface area (Å²) >= 11 is 6.22. The van der Waals surface area contributed by atoms with Crippen molar-refractivity contribution in [3.63, 3.8) is 0 Å². The maximum Gasteiger partial charge on any atom is 0.138 e. The molecular weight excluding hydrogens is 236 g/mol. The Kier molecular flexibility index (Phi) is 4.12.